The van der Waals surface area contributed by atoms with Crippen LogP contribution in [0.25, 0.3) is 0 Å². The maximum atomic E-state index is 12.9. The summed E-state index contributed by atoms with van der Waals surface area (Å²) in [6.45, 7) is 0. The molecule has 0 atom stereocenters. The second kappa shape index (κ2) is 5.53. The number of nitrogens with one attached hydrogen (secondary N) is 1. The molecule has 1 aromatic heterocycles. The lowest BCUT2D eigenvalue weighted by atomic mass is 10.3. The quantitative estimate of drug-likeness (QED) is 0.623. The maximum absolute atomic E-state index is 12.9. The Morgan fingerprint density at radius 3 is 2.84 bits per heavy atom. The first-order valence-corrected chi connectivity index (χ1v) is 5.61. The van der Waals surface area contributed by atoms with Crippen molar-refractivity contribution in [2.24, 2.45) is 4.99 Å². The van der Waals surface area contributed by atoms with Crippen molar-refractivity contribution in [3.8, 4) is 0 Å². The molecule has 98 valence electrons. The van der Waals surface area contributed by atoms with E-state index >= 15 is 0 Å². The van der Waals surface area contributed by atoms with E-state index in [9.17, 15) is 9.18 Å². The average molecular weight is 282 g/mol. The van der Waals surface area contributed by atoms with Gasteiger partial charge in [-0.25, -0.2) is 9.18 Å². The number of amides is 2. The number of carbonyl (C=O) groups excluding carboxylic acids is 1. The molecular weight excluding hydrogens is 273 g/mol. The SMILES string of the molecule is O=C(/N=c1/ccn(O)c(Cl)c1)Nc1cccc(F)c1. The summed E-state index contributed by atoms with van der Waals surface area (Å²) in [5.74, 6) is -0.457. The molecule has 0 spiro atoms. The summed E-state index contributed by atoms with van der Waals surface area (Å²) < 4.78 is 13.6. The van der Waals surface area contributed by atoms with Crippen LogP contribution < -0.4 is 10.7 Å². The van der Waals surface area contributed by atoms with Gasteiger partial charge in [-0.3, -0.25) is 0 Å². The van der Waals surface area contributed by atoms with Gasteiger partial charge in [0.2, 0.25) is 0 Å². The van der Waals surface area contributed by atoms with Crippen LogP contribution in [0.1, 0.15) is 0 Å². The molecule has 1 heterocycles. The zero-order valence-electron chi connectivity index (χ0n) is 9.55. The fourth-order valence-corrected chi connectivity index (χ4v) is 1.53. The highest BCUT2D eigenvalue weighted by Crippen LogP contribution is 2.09. The summed E-state index contributed by atoms with van der Waals surface area (Å²) >= 11 is 5.65. The van der Waals surface area contributed by atoms with Gasteiger partial charge in [-0.1, -0.05) is 17.7 Å². The first kappa shape index (κ1) is 13.1. The Bertz CT molecular complexity index is 685. The standard InChI is InChI=1S/C12H9ClFN3O2/c13-11-7-10(4-5-17(11)19)16-12(18)15-9-3-1-2-8(14)6-9/h1-7,19H,(H,15,18)/b16-10-. The topological polar surface area (TPSA) is 66.6 Å². The number of rotatable bonds is 1. The second-order valence-corrected chi connectivity index (χ2v) is 3.99. The first-order chi connectivity index (χ1) is 9.04. The van der Waals surface area contributed by atoms with Gasteiger partial charge in [-0.15, -0.1) is 0 Å². The number of aromatic nitrogens is 1. The summed E-state index contributed by atoms with van der Waals surface area (Å²) in [6.07, 6.45) is 1.25. The van der Waals surface area contributed by atoms with Crippen LogP contribution in [0.5, 0.6) is 0 Å². The van der Waals surface area contributed by atoms with Crippen molar-refractivity contribution in [3.63, 3.8) is 0 Å². The Hall–Kier alpha value is -2.34. The lowest BCUT2D eigenvalue weighted by Crippen LogP contribution is -2.13. The number of benzene rings is 1. The summed E-state index contributed by atoms with van der Waals surface area (Å²) in [5, 5.41) is 11.8. The number of carbonyl (C=O) groups is 1. The van der Waals surface area contributed by atoms with Crippen molar-refractivity contribution >= 4 is 23.3 Å². The van der Waals surface area contributed by atoms with Crippen LogP contribution in [-0.4, -0.2) is 16.0 Å². The zero-order valence-corrected chi connectivity index (χ0v) is 10.3. The van der Waals surface area contributed by atoms with Gasteiger partial charge in [0.05, 0.1) is 5.36 Å². The molecular formula is C12H9ClFN3O2. The van der Waals surface area contributed by atoms with Gasteiger partial charge in [0.15, 0.2) is 0 Å². The molecule has 0 bridgehead atoms. The molecule has 19 heavy (non-hydrogen) atoms. The minimum Gasteiger partial charge on any atom is -0.428 e. The van der Waals surface area contributed by atoms with Gasteiger partial charge in [0.25, 0.3) is 0 Å². The molecule has 2 rings (SSSR count). The second-order valence-electron chi connectivity index (χ2n) is 3.60. The first-order valence-electron chi connectivity index (χ1n) is 5.23. The Morgan fingerprint density at radius 2 is 2.16 bits per heavy atom. The van der Waals surface area contributed by atoms with E-state index in [0.717, 1.165) is 0 Å². The Labute approximate surface area is 112 Å². The average Bonchev–Trinajstić information content (AvgIpc) is 2.34. The van der Waals surface area contributed by atoms with Crippen molar-refractivity contribution in [1.82, 2.24) is 4.73 Å². The third kappa shape index (κ3) is 3.56. The predicted molar refractivity (Wildman–Crippen MR) is 67.6 cm³/mol. The third-order valence-corrected chi connectivity index (χ3v) is 2.46. The summed E-state index contributed by atoms with van der Waals surface area (Å²) in [4.78, 5) is 15.3. The molecule has 0 saturated heterocycles. The largest absolute Gasteiger partial charge is 0.428 e. The number of hydrogen-bond donors (Lipinski definition) is 2. The number of nitrogens with zero attached hydrogens (tertiary/aromatic N) is 2. The number of hydrogen-bond acceptors (Lipinski definition) is 2. The molecule has 2 aromatic rings. The normalized spacial score (nSPS) is 11.4. The van der Waals surface area contributed by atoms with Crippen LogP contribution in [0.2, 0.25) is 5.15 Å². The van der Waals surface area contributed by atoms with Crippen LogP contribution in [0.4, 0.5) is 14.9 Å². The van der Waals surface area contributed by atoms with Crippen molar-refractivity contribution in [2.75, 3.05) is 5.32 Å². The van der Waals surface area contributed by atoms with Gasteiger partial charge >= 0.3 is 6.03 Å². The molecule has 0 aliphatic rings. The van der Waals surface area contributed by atoms with Gasteiger partial charge < -0.3 is 10.5 Å². The highest BCUT2D eigenvalue weighted by Gasteiger charge is 2.01. The van der Waals surface area contributed by atoms with E-state index in [4.69, 9.17) is 16.8 Å². The van der Waals surface area contributed by atoms with Gasteiger partial charge in [-0.2, -0.15) is 9.72 Å². The van der Waals surface area contributed by atoms with E-state index in [1.807, 2.05) is 0 Å². The summed E-state index contributed by atoms with van der Waals surface area (Å²) in [6, 6.07) is 7.49. The Balaban J connectivity index is 2.19. The minimum atomic E-state index is -0.669. The molecule has 7 heteroatoms. The molecule has 0 aliphatic carbocycles. The molecule has 2 N–H and O–H groups in total. The zero-order chi connectivity index (χ0) is 13.8. The summed E-state index contributed by atoms with van der Waals surface area (Å²) in [5.41, 5.74) is 0.299. The van der Waals surface area contributed by atoms with E-state index in [1.165, 1.54) is 42.6 Å². The van der Waals surface area contributed by atoms with Crippen LogP contribution in [0.3, 0.4) is 0 Å². The molecule has 0 fully saturated rings. The smallest absolute Gasteiger partial charge is 0.345 e. The van der Waals surface area contributed by atoms with Crippen LogP contribution >= 0.6 is 11.6 Å². The third-order valence-electron chi connectivity index (χ3n) is 2.18. The van der Waals surface area contributed by atoms with Gasteiger partial charge in [0, 0.05) is 18.0 Å². The van der Waals surface area contributed by atoms with Crippen LogP contribution in [0.15, 0.2) is 47.6 Å². The van der Waals surface area contributed by atoms with Crippen molar-refractivity contribution < 1.29 is 14.4 Å². The van der Waals surface area contributed by atoms with E-state index in [1.54, 1.807) is 0 Å². The maximum Gasteiger partial charge on any atom is 0.345 e. The fraction of sp³-hybridized carbons (Fsp3) is 0. The van der Waals surface area contributed by atoms with Gasteiger partial charge in [-0.05, 0) is 24.3 Å². The number of anilines is 1. The number of pyridine rings is 1. The number of urea groups is 1. The monoisotopic (exact) mass is 281 g/mol. The lowest BCUT2D eigenvalue weighted by Gasteiger charge is -2.01. The van der Waals surface area contributed by atoms with Crippen molar-refractivity contribution in [1.29, 1.82) is 0 Å². The van der Waals surface area contributed by atoms with E-state index in [-0.39, 0.29) is 10.5 Å². The van der Waals surface area contributed by atoms with Crippen LogP contribution in [0, 0.1) is 5.82 Å². The van der Waals surface area contributed by atoms with E-state index in [2.05, 4.69) is 10.3 Å². The predicted octanol–water partition coefficient (Wildman–Crippen LogP) is 2.65. The van der Waals surface area contributed by atoms with Crippen molar-refractivity contribution in [2.45, 2.75) is 0 Å². The van der Waals surface area contributed by atoms with Crippen LogP contribution in [-0.2, 0) is 0 Å². The number of halogens is 2. The highest BCUT2D eigenvalue weighted by molar-refractivity contribution is 6.29. The molecule has 5 nitrogen and oxygen atoms in total. The fourth-order valence-electron chi connectivity index (χ4n) is 1.36. The van der Waals surface area contributed by atoms with Gasteiger partial charge in [0.1, 0.15) is 11.0 Å². The molecule has 0 radical (unpaired) electrons. The van der Waals surface area contributed by atoms with E-state index < -0.39 is 11.8 Å². The lowest BCUT2D eigenvalue weighted by molar-refractivity contribution is 0.185. The molecule has 1 aromatic carbocycles. The van der Waals surface area contributed by atoms with E-state index in [0.29, 0.717) is 10.4 Å². The Morgan fingerprint density at radius 1 is 1.37 bits per heavy atom. The molecule has 0 aliphatic heterocycles. The van der Waals surface area contributed by atoms with Crippen molar-refractivity contribution in [3.05, 3.63) is 58.9 Å². The molecule has 2 amide bonds. The molecule has 0 unspecified atom stereocenters. The Kier molecular flexibility index (Phi) is 3.82. The highest BCUT2D eigenvalue weighted by atomic mass is 35.5. The minimum absolute atomic E-state index is 0.0137. The summed E-state index contributed by atoms with van der Waals surface area (Å²) in [7, 11) is 0. The molecule has 0 saturated carbocycles.